The van der Waals surface area contributed by atoms with E-state index in [2.05, 4.69) is 30.5 Å². The molecule has 0 amide bonds. The molecule has 0 spiro atoms. The van der Waals surface area contributed by atoms with Gasteiger partial charge in [-0.15, -0.1) is 11.3 Å². The highest BCUT2D eigenvalue weighted by atomic mass is 32.1. The molecule has 7 nitrogen and oxygen atoms in total. The quantitative estimate of drug-likeness (QED) is 0.516. The summed E-state index contributed by atoms with van der Waals surface area (Å²) in [5.41, 5.74) is 4.47. The molecule has 0 atom stereocenters. The number of aromatic nitrogens is 5. The topological polar surface area (TPSA) is 88.6 Å². The number of anilines is 2. The number of aryl methyl sites for hydroxylation is 1. The fraction of sp³-hybridized carbons (Fsp3) is 0.158. The third kappa shape index (κ3) is 3.65. The summed E-state index contributed by atoms with van der Waals surface area (Å²) >= 11 is 1.49. The zero-order valence-corrected chi connectivity index (χ0v) is 15.7. The van der Waals surface area contributed by atoms with Crippen molar-refractivity contribution in [2.45, 2.75) is 13.8 Å². The van der Waals surface area contributed by atoms with Gasteiger partial charge in [-0.25, -0.2) is 15.0 Å². The summed E-state index contributed by atoms with van der Waals surface area (Å²) < 4.78 is 5.75. The van der Waals surface area contributed by atoms with Gasteiger partial charge in [0, 0.05) is 28.4 Å². The van der Waals surface area contributed by atoms with Crippen molar-refractivity contribution in [3.8, 4) is 28.3 Å². The first-order chi connectivity index (χ1) is 13.2. The molecule has 0 aliphatic carbocycles. The van der Waals surface area contributed by atoms with Gasteiger partial charge in [-0.3, -0.25) is 5.10 Å². The van der Waals surface area contributed by atoms with Gasteiger partial charge in [-0.2, -0.15) is 5.10 Å². The van der Waals surface area contributed by atoms with Crippen molar-refractivity contribution in [2.75, 3.05) is 11.9 Å². The number of nitrogens with zero attached hydrogens (tertiary/aromatic N) is 4. The van der Waals surface area contributed by atoms with E-state index in [1.807, 2.05) is 49.6 Å². The van der Waals surface area contributed by atoms with Crippen LogP contribution in [-0.4, -0.2) is 31.8 Å². The lowest BCUT2D eigenvalue weighted by atomic mass is 10.1. The molecule has 136 valence electrons. The molecule has 1 aromatic carbocycles. The van der Waals surface area contributed by atoms with Crippen molar-refractivity contribution in [2.24, 2.45) is 0 Å². The van der Waals surface area contributed by atoms with Crippen molar-refractivity contribution in [1.29, 1.82) is 0 Å². The summed E-state index contributed by atoms with van der Waals surface area (Å²) in [7, 11) is 0. The van der Waals surface area contributed by atoms with E-state index in [0.717, 1.165) is 39.1 Å². The number of hydrogen-bond donors (Lipinski definition) is 2. The maximum atomic E-state index is 5.75. The van der Waals surface area contributed by atoms with Gasteiger partial charge in [0.1, 0.15) is 5.75 Å². The lowest BCUT2D eigenvalue weighted by Gasteiger charge is -2.09. The van der Waals surface area contributed by atoms with Crippen molar-refractivity contribution in [3.05, 3.63) is 53.8 Å². The standard InChI is InChI=1S/C19H18N6OS/c1-3-26-16-7-5-4-6-13(16)17-14(10-21-25-17)15-11-27-19(23-15)24-18-20-9-8-12(2)22-18/h4-11H,3H2,1-2H3,(H,21,25)(H,20,22,23,24). The van der Waals surface area contributed by atoms with Crippen LogP contribution in [0.25, 0.3) is 22.5 Å². The van der Waals surface area contributed by atoms with E-state index in [9.17, 15) is 0 Å². The Hall–Kier alpha value is -3.26. The molecule has 3 aromatic heterocycles. The first-order valence-corrected chi connectivity index (χ1v) is 9.40. The van der Waals surface area contributed by atoms with Crippen LogP contribution in [0, 0.1) is 6.92 Å². The smallest absolute Gasteiger partial charge is 0.229 e. The third-order valence-electron chi connectivity index (χ3n) is 3.89. The van der Waals surface area contributed by atoms with Crippen molar-refractivity contribution >= 4 is 22.4 Å². The Kier molecular flexibility index (Phi) is 4.80. The zero-order valence-electron chi connectivity index (χ0n) is 14.9. The van der Waals surface area contributed by atoms with Gasteiger partial charge in [-0.1, -0.05) is 12.1 Å². The van der Waals surface area contributed by atoms with Gasteiger partial charge in [-0.05, 0) is 32.0 Å². The van der Waals surface area contributed by atoms with Crippen LogP contribution in [0.2, 0.25) is 0 Å². The Balaban J connectivity index is 1.65. The van der Waals surface area contributed by atoms with Gasteiger partial charge in [0.15, 0.2) is 5.13 Å². The molecule has 0 unspecified atom stereocenters. The van der Waals surface area contributed by atoms with E-state index in [0.29, 0.717) is 12.6 Å². The molecule has 2 N–H and O–H groups in total. The number of nitrogens with one attached hydrogen (secondary N) is 2. The number of aromatic amines is 1. The van der Waals surface area contributed by atoms with Crippen molar-refractivity contribution in [3.63, 3.8) is 0 Å². The van der Waals surface area contributed by atoms with Crippen molar-refractivity contribution in [1.82, 2.24) is 25.1 Å². The molecule has 3 heterocycles. The summed E-state index contributed by atoms with van der Waals surface area (Å²) in [6.45, 7) is 4.49. The first kappa shape index (κ1) is 17.2. The number of rotatable bonds is 6. The van der Waals surface area contributed by atoms with Gasteiger partial charge in [0.2, 0.25) is 5.95 Å². The van der Waals surface area contributed by atoms with E-state index in [1.165, 1.54) is 11.3 Å². The Morgan fingerprint density at radius 3 is 2.89 bits per heavy atom. The van der Waals surface area contributed by atoms with Gasteiger partial charge >= 0.3 is 0 Å². The SMILES string of the molecule is CCOc1ccccc1-c1[nH]ncc1-c1csc(Nc2nccc(C)n2)n1. The summed E-state index contributed by atoms with van der Waals surface area (Å²) in [5.74, 6) is 1.34. The highest BCUT2D eigenvalue weighted by Crippen LogP contribution is 2.36. The zero-order chi connectivity index (χ0) is 18.6. The molecule has 0 saturated carbocycles. The van der Waals surface area contributed by atoms with Crippen LogP contribution in [0.4, 0.5) is 11.1 Å². The van der Waals surface area contributed by atoms with Crippen LogP contribution in [0.5, 0.6) is 5.75 Å². The largest absolute Gasteiger partial charge is 0.493 e. The summed E-state index contributed by atoms with van der Waals surface area (Å²) in [4.78, 5) is 13.2. The Morgan fingerprint density at radius 1 is 1.15 bits per heavy atom. The Bertz CT molecular complexity index is 1060. The second-order valence-electron chi connectivity index (χ2n) is 5.77. The Labute approximate surface area is 160 Å². The first-order valence-electron chi connectivity index (χ1n) is 8.52. The molecule has 27 heavy (non-hydrogen) atoms. The molecule has 4 aromatic rings. The van der Waals surface area contributed by atoms with E-state index >= 15 is 0 Å². The number of thiazole rings is 1. The normalized spacial score (nSPS) is 10.7. The van der Waals surface area contributed by atoms with Gasteiger partial charge < -0.3 is 10.1 Å². The monoisotopic (exact) mass is 378 g/mol. The van der Waals surface area contributed by atoms with E-state index in [4.69, 9.17) is 4.74 Å². The second-order valence-corrected chi connectivity index (χ2v) is 6.63. The van der Waals surface area contributed by atoms with Crippen LogP contribution >= 0.6 is 11.3 Å². The number of H-pyrrole nitrogens is 1. The minimum atomic E-state index is 0.532. The molecule has 0 fully saturated rings. The van der Waals surface area contributed by atoms with Crippen LogP contribution in [0.15, 0.2) is 48.1 Å². The van der Waals surface area contributed by atoms with Crippen LogP contribution in [-0.2, 0) is 0 Å². The average Bonchev–Trinajstić information content (AvgIpc) is 3.32. The molecule has 0 radical (unpaired) electrons. The molecule has 0 saturated heterocycles. The summed E-state index contributed by atoms with van der Waals surface area (Å²) in [6, 6.07) is 9.75. The molecule has 8 heteroatoms. The lowest BCUT2D eigenvalue weighted by Crippen LogP contribution is -1.97. The second kappa shape index (κ2) is 7.55. The highest BCUT2D eigenvalue weighted by Gasteiger charge is 2.16. The van der Waals surface area contributed by atoms with Crippen LogP contribution in [0.3, 0.4) is 0 Å². The van der Waals surface area contributed by atoms with E-state index in [1.54, 1.807) is 12.4 Å². The number of para-hydroxylation sites is 1. The maximum absolute atomic E-state index is 5.75. The van der Waals surface area contributed by atoms with Gasteiger partial charge in [0.25, 0.3) is 0 Å². The predicted molar refractivity (Wildman–Crippen MR) is 106 cm³/mol. The highest BCUT2D eigenvalue weighted by molar-refractivity contribution is 7.14. The van der Waals surface area contributed by atoms with Crippen LogP contribution < -0.4 is 10.1 Å². The summed E-state index contributed by atoms with van der Waals surface area (Å²) in [5, 5.41) is 13.1. The fourth-order valence-corrected chi connectivity index (χ4v) is 3.40. The molecular formula is C19H18N6OS. The van der Waals surface area contributed by atoms with E-state index < -0.39 is 0 Å². The number of ether oxygens (including phenoxy) is 1. The van der Waals surface area contributed by atoms with Crippen molar-refractivity contribution < 1.29 is 4.74 Å². The molecule has 4 rings (SSSR count). The predicted octanol–water partition coefficient (Wildman–Crippen LogP) is 4.44. The molecule has 0 aliphatic rings. The van der Waals surface area contributed by atoms with Crippen LogP contribution in [0.1, 0.15) is 12.6 Å². The maximum Gasteiger partial charge on any atom is 0.229 e. The minimum Gasteiger partial charge on any atom is -0.493 e. The number of hydrogen-bond acceptors (Lipinski definition) is 7. The average molecular weight is 378 g/mol. The third-order valence-corrected chi connectivity index (χ3v) is 4.65. The lowest BCUT2D eigenvalue weighted by molar-refractivity contribution is 0.341. The van der Waals surface area contributed by atoms with Gasteiger partial charge in [0.05, 0.1) is 24.2 Å². The molecule has 0 aliphatic heterocycles. The number of benzene rings is 1. The fourth-order valence-electron chi connectivity index (χ4n) is 2.70. The minimum absolute atomic E-state index is 0.532. The summed E-state index contributed by atoms with van der Waals surface area (Å²) in [6.07, 6.45) is 3.50. The van der Waals surface area contributed by atoms with E-state index in [-0.39, 0.29) is 0 Å². The molecule has 0 bridgehead atoms. The Morgan fingerprint density at radius 2 is 2.04 bits per heavy atom. The molecular weight excluding hydrogens is 360 g/mol.